The van der Waals surface area contributed by atoms with Crippen LogP contribution >= 0.6 is 11.6 Å². The van der Waals surface area contributed by atoms with Crippen LogP contribution in [0.25, 0.3) is 0 Å². The van der Waals surface area contributed by atoms with Crippen molar-refractivity contribution >= 4 is 21.6 Å². The first kappa shape index (κ1) is 16.5. The third-order valence-electron chi connectivity index (χ3n) is 2.83. The number of rotatable bonds is 5. The molecule has 6 heteroatoms. The van der Waals surface area contributed by atoms with Gasteiger partial charge in [-0.05, 0) is 29.7 Å². The van der Waals surface area contributed by atoms with Crippen LogP contribution in [0, 0.1) is 11.8 Å². The summed E-state index contributed by atoms with van der Waals surface area (Å²) in [4.78, 5) is 4.28. The maximum absolute atomic E-state index is 12.2. The number of pyridine rings is 1. The van der Waals surface area contributed by atoms with Crippen LogP contribution < -0.4 is 4.72 Å². The predicted octanol–water partition coefficient (Wildman–Crippen LogP) is 2.54. The van der Waals surface area contributed by atoms with Gasteiger partial charge in [0.2, 0.25) is 10.0 Å². The molecule has 0 unspecified atom stereocenters. The van der Waals surface area contributed by atoms with Crippen molar-refractivity contribution < 1.29 is 8.42 Å². The van der Waals surface area contributed by atoms with Crippen molar-refractivity contribution in [3.8, 4) is 11.8 Å². The zero-order valence-electron chi connectivity index (χ0n) is 11.8. The Kier molecular flexibility index (Phi) is 5.96. The summed E-state index contributed by atoms with van der Waals surface area (Å²) >= 11 is 5.77. The van der Waals surface area contributed by atoms with Crippen molar-refractivity contribution in [2.24, 2.45) is 0 Å². The first-order chi connectivity index (χ1) is 10.6. The van der Waals surface area contributed by atoms with Gasteiger partial charge >= 0.3 is 0 Å². The van der Waals surface area contributed by atoms with Gasteiger partial charge in [-0.1, -0.05) is 30.2 Å². The summed E-state index contributed by atoms with van der Waals surface area (Å²) in [6, 6.07) is 12.1. The summed E-state index contributed by atoms with van der Waals surface area (Å²) < 4.78 is 27.0. The number of hydrogen-bond donors (Lipinski definition) is 1. The normalized spacial score (nSPS) is 10.8. The molecule has 22 heavy (non-hydrogen) atoms. The molecule has 0 atom stereocenters. The highest BCUT2D eigenvalue weighted by Gasteiger charge is 2.16. The van der Waals surface area contributed by atoms with Gasteiger partial charge in [-0.2, -0.15) is 0 Å². The average Bonchev–Trinajstić information content (AvgIpc) is 2.55. The number of sulfonamides is 1. The first-order valence-corrected chi connectivity index (χ1v) is 8.69. The van der Waals surface area contributed by atoms with E-state index in [1.807, 2.05) is 12.1 Å². The van der Waals surface area contributed by atoms with Crippen molar-refractivity contribution in [3.63, 3.8) is 0 Å². The van der Waals surface area contributed by atoms with Crippen LogP contribution in [0.3, 0.4) is 0 Å². The largest absolute Gasteiger partial charge is 0.248 e. The fourth-order valence-electron chi connectivity index (χ4n) is 1.79. The van der Waals surface area contributed by atoms with Crippen LogP contribution in [0.5, 0.6) is 0 Å². The molecular formula is C16H15ClN2O2S. The van der Waals surface area contributed by atoms with E-state index >= 15 is 0 Å². The van der Waals surface area contributed by atoms with E-state index in [0.717, 1.165) is 0 Å². The predicted molar refractivity (Wildman–Crippen MR) is 86.9 cm³/mol. The quantitative estimate of drug-likeness (QED) is 0.519. The highest BCUT2D eigenvalue weighted by molar-refractivity contribution is 7.89. The molecule has 1 aromatic carbocycles. The molecule has 1 N–H and O–H groups in total. The van der Waals surface area contributed by atoms with Crippen molar-refractivity contribution in [3.05, 3.63) is 59.9 Å². The minimum absolute atomic E-state index is 0.149. The second-order valence-corrected chi connectivity index (χ2v) is 6.41. The summed E-state index contributed by atoms with van der Waals surface area (Å²) in [6.07, 6.45) is 2.06. The number of halogens is 1. The Hall–Kier alpha value is -1.87. The molecule has 2 aromatic rings. The Morgan fingerprint density at radius 2 is 1.91 bits per heavy atom. The molecule has 1 aromatic heterocycles. The Bertz CT molecular complexity index is 781. The number of aromatic nitrogens is 1. The minimum Gasteiger partial charge on any atom is -0.248 e. The molecule has 0 amide bonds. The van der Waals surface area contributed by atoms with Gasteiger partial charge in [0.15, 0.2) is 0 Å². The lowest BCUT2D eigenvalue weighted by Crippen LogP contribution is -2.25. The van der Waals surface area contributed by atoms with Crippen LogP contribution in [0.2, 0.25) is 0 Å². The molecule has 2 rings (SSSR count). The number of nitrogens with one attached hydrogen (secondary N) is 1. The van der Waals surface area contributed by atoms with Gasteiger partial charge in [-0.25, -0.2) is 18.1 Å². The summed E-state index contributed by atoms with van der Waals surface area (Å²) in [5.74, 6) is 5.91. The monoisotopic (exact) mass is 334 g/mol. The number of hydrogen-bond acceptors (Lipinski definition) is 3. The van der Waals surface area contributed by atoms with Gasteiger partial charge in [0.25, 0.3) is 0 Å². The van der Waals surface area contributed by atoms with E-state index in [9.17, 15) is 8.42 Å². The van der Waals surface area contributed by atoms with E-state index in [-0.39, 0.29) is 17.3 Å². The Morgan fingerprint density at radius 3 is 2.64 bits per heavy atom. The summed E-state index contributed by atoms with van der Waals surface area (Å²) in [5.41, 5.74) is 1.24. The zero-order chi connectivity index (χ0) is 15.8. The lowest BCUT2D eigenvalue weighted by molar-refractivity contribution is 0.581. The molecule has 4 nitrogen and oxygen atoms in total. The lowest BCUT2D eigenvalue weighted by atomic mass is 10.2. The molecule has 1 heterocycles. The lowest BCUT2D eigenvalue weighted by Gasteiger charge is -2.08. The zero-order valence-corrected chi connectivity index (χ0v) is 13.4. The molecule has 0 radical (unpaired) electrons. The number of nitrogens with zero attached hydrogens (tertiary/aromatic N) is 1. The topological polar surface area (TPSA) is 59.1 Å². The van der Waals surface area contributed by atoms with E-state index in [1.54, 1.807) is 36.5 Å². The van der Waals surface area contributed by atoms with E-state index < -0.39 is 10.0 Å². The second-order valence-electron chi connectivity index (χ2n) is 4.41. The highest BCUT2D eigenvalue weighted by atomic mass is 35.5. The van der Waals surface area contributed by atoms with Gasteiger partial charge in [0, 0.05) is 25.0 Å². The van der Waals surface area contributed by atoms with Crippen molar-refractivity contribution in [2.75, 3.05) is 6.54 Å². The summed E-state index contributed by atoms with van der Waals surface area (Å²) in [6.45, 7) is 0.235. The van der Waals surface area contributed by atoms with Crippen molar-refractivity contribution in [1.29, 1.82) is 0 Å². The molecule has 114 valence electrons. The van der Waals surface area contributed by atoms with Crippen LogP contribution in [0.1, 0.15) is 17.7 Å². The van der Waals surface area contributed by atoms with E-state index in [2.05, 4.69) is 21.5 Å². The van der Waals surface area contributed by atoms with Crippen molar-refractivity contribution in [1.82, 2.24) is 9.71 Å². The average molecular weight is 335 g/mol. The van der Waals surface area contributed by atoms with Crippen molar-refractivity contribution in [2.45, 2.75) is 17.2 Å². The minimum atomic E-state index is -3.57. The molecule has 0 saturated carbocycles. The number of alkyl halides is 1. The molecule has 0 bridgehead atoms. The standard InChI is InChI=1S/C16H15ClN2O2S/c17-13-14-7-1-2-10-16(14)22(20,21)19-12-6-4-9-15-8-3-5-11-18-15/h1-3,5,7-8,10-11,19H,6,12-13H2. The molecule has 0 fully saturated rings. The smallest absolute Gasteiger partial charge is 0.240 e. The van der Waals surface area contributed by atoms with E-state index in [1.165, 1.54) is 0 Å². The van der Waals surface area contributed by atoms with Crippen LogP contribution in [0.15, 0.2) is 53.6 Å². The fourth-order valence-corrected chi connectivity index (χ4v) is 3.37. The Labute approximate surface area is 135 Å². The third kappa shape index (κ3) is 4.57. The van der Waals surface area contributed by atoms with Crippen LogP contribution in [0.4, 0.5) is 0 Å². The first-order valence-electron chi connectivity index (χ1n) is 6.67. The highest BCUT2D eigenvalue weighted by Crippen LogP contribution is 2.16. The third-order valence-corrected chi connectivity index (χ3v) is 4.68. The van der Waals surface area contributed by atoms with Gasteiger partial charge in [-0.15, -0.1) is 11.6 Å². The van der Waals surface area contributed by atoms with E-state index in [4.69, 9.17) is 11.6 Å². The molecule has 0 spiro atoms. The van der Waals surface area contributed by atoms with Gasteiger partial charge in [-0.3, -0.25) is 0 Å². The van der Waals surface area contributed by atoms with Crippen LogP contribution in [-0.4, -0.2) is 19.9 Å². The van der Waals surface area contributed by atoms with Gasteiger partial charge in [0.1, 0.15) is 5.69 Å². The SMILES string of the molecule is O=S(=O)(NCCC#Cc1ccccn1)c1ccccc1CCl. The Morgan fingerprint density at radius 1 is 1.14 bits per heavy atom. The summed E-state index contributed by atoms with van der Waals surface area (Å²) in [5, 5.41) is 0. The number of benzene rings is 1. The molecule has 0 aliphatic heterocycles. The molecule has 0 saturated heterocycles. The second kappa shape index (κ2) is 7.95. The van der Waals surface area contributed by atoms with Gasteiger partial charge in [0.05, 0.1) is 4.90 Å². The molecular weight excluding hydrogens is 320 g/mol. The molecule has 0 aliphatic carbocycles. The maximum Gasteiger partial charge on any atom is 0.240 e. The van der Waals surface area contributed by atoms with Crippen LogP contribution in [-0.2, 0) is 15.9 Å². The molecule has 0 aliphatic rings. The van der Waals surface area contributed by atoms with Gasteiger partial charge < -0.3 is 0 Å². The van der Waals surface area contributed by atoms with E-state index in [0.29, 0.717) is 17.7 Å². The maximum atomic E-state index is 12.2. The fraction of sp³-hybridized carbons (Fsp3) is 0.188. The summed E-state index contributed by atoms with van der Waals surface area (Å²) in [7, 11) is -3.57. The Balaban J connectivity index is 1.95.